The van der Waals surface area contributed by atoms with Gasteiger partial charge in [0.25, 0.3) is 0 Å². The molecule has 0 saturated carbocycles. The maximum Gasteiger partial charge on any atom is 0.0768 e. The lowest BCUT2D eigenvalue weighted by Gasteiger charge is -2.13. The van der Waals surface area contributed by atoms with E-state index in [9.17, 15) is 0 Å². The normalized spacial score (nSPS) is 10.8. The molecule has 0 spiro atoms. The molecule has 0 fully saturated rings. The van der Waals surface area contributed by atoms with E-state index >= 15 is 0 Å². The summed E-state index contributed by atoms with van der Waals surface area (Å²) in [7, 11) is 2.37. The molecule has 0 saturated heterocycles. The molecule has 0 aliphatic rings. The molecule has 0 aliphatic heterocycles. The van der Waals surface area contributed by atoms with Crippen molar-refractivity contribution in [2.24, 2.45) is 0 Å². The van der Waals surface area contributed by atoms with Crippen molar-refractivity contribution in [1.29, 1.82) is 0 Å². The van der Waals surface area contributed by atoms with Gasteiger partial charge in [-0.2, -0.15) is 0 Å². The molecular formula is C25H56N+. The van der Waals surface area contributed by atoms with E-state index in [0.717, 1.165) is 0 Å². The summed E-state index contributed by atoms with van der Waals surface area (Å²) in [6, 6.07) is 0. The molecule has 0 aromatic rings. The van der Waals surface area contributed by atoms with Crippen LogP contribution in [0.4, 0.5) is 0 Å². The maximum absolute atomic E-state index is 2.37. The highest BCUT2D eigenvalue weighted by Crippen LogP contribution is 2.05. The van der Waals surface area contributed by atoms with Gasteiger partial charge in [0.2, 0.25) is 0 Å². The minimum Gasteiger partial charge on any atom is -0.337 e. The molecule has 0 bridgehead atoms. The van der Waals surface area contributed by atoms with Crippen molar-refractivity contribution < 1.29 is 4.90 Å². The molecule has 26 heavy (non-hydrogen) atoms. The smallest absolute Gasteiger partial charge is 0.0768 e. The van der Waals surface area contributed by atoms with Gasteiger partial charge in [-0.3, -0.25) is 0 Å². The summed E-state index contributed by atoms with van der Waals surface area (Å²) in [5, 5.41) is 0. The van der Waals surface area contributed by atoms with Gasteiger partial charge >= 0.3 is 0 Å². The summed E-state index contributed by atoms with van der Waals surface area (Å²) in [5.41, 5.74) is 0. The zero-order valence-corrected chi connectivity index (χ0v) is 19.6. The first kappa shape index (κ1) is 28.2. The molecule has 0 heterocycles. The predicted molar refractivity (Wildman–Crippen MR) is 122 cm³/mol. The van der Waals surface area contributed by atoms with E-state index in [2.05, 4.69) is 34.7 Å². The maximum atomic E-state index is 2.37. The molecule has 160 valence electrons. The van der Waals surface area contributed by atoms with Crippen LogP contribution in [0.15, 0.2) is 0 Å². The molecule has 1 nitrogen and oxygen atoms in total. The van der Waals surface area contributed by atoms with Crippen molar-refractivity contribution in [1.82, 2.24) is 0 Å². The molecule has 0 rings (SSSR count). The Morgan fingerprint density at radius 3 is 0.846 bits per heavy atom. The molecule has 0 atom stereocenters. The molecule has 0 aliphatic carbocycles. The van der Waals surface area contributed by atoms with E-state index in [1.54, 1.807) is 4.90 Å². The molecule has 0 unspecified atom stereocenters. The van der Waals surface area contributed by atoms with Crippen LogP contribution in [-0.2, 0) is 0 Å². The minimum atomic E-state index is 1.36. The van der Waals surface area contributed by atoms with Crippen LogP contribution >= 0.6 is 0 Å². The number of unbranched alkanes of at least 4 members (excludes halogenated alkanes) is 15. The zero-order valence-electron chi connectivity index (χ0n) is 19.6. The van der Waals surface area contributed by atoms with Gasteiger partial charge in [0.05, 0.1) is 20.1 Å². The van der Waals surface area contributed by atoms with E-state index in [-0.39, 0.29) is 0 Å². The first-order valence-corrected chi connectivity index (χ1v) is 12.5. The van der Waals surface area contributed by atoms with Crippen molar-refractivity contribution >= 4 is 0 Å². The van der Waals surface area contributed by atoms with Crippen molar-refractivity contribution in [2.45, 2.75) is 143 Å². The second-order valence-electron chi connectivity index (χ2n) is 8.41. The summed E-state index contributed by atoms with van der Waals surface area (Å²) in [5.74, 6) is 0. The molecule has 0 radical (unpaired) electrons. The Kier molecular flexibility index (Phi) is 29.5. The fourth-order valence-corrected chi connectivity index (χ4v) is 3.39. The summed E-state index contributed by atoms with van der Waals surface area (Å²) in [6.45, 7) is 11.9. The quantitative estimate of drug-likeness (QED) is 0.223. The van der Waals surface area contributed by atoms with Crippen LogP contribution in [0.25, 0.3) is 0 Å². The van der Waals surface area contributed by atoms with Gasteiger partial charge in [-0.05, 0) is 25.7 Å². The summed E-state index contributed by atoms with van der Waals surface area (Å²) in [6.07, 6.45) is 25.7. The van der Waals surface area contributed by atoms with Gasteiger partial charge in [-0.15, -0.1) is 0 Å². The molecular weight excluding hydrogens is 314 g/mol. The summed E-state index contributed by atoms with van der Waals surface area (Å²) in [4.78, 5) is 1.75. The highest BCUT2D eigenvalue weighted by molar-refractivity contribution is 4.44. The first-order chi connectivity index (χ1) is 12.7. The van der Waals surface area contributed by atoms with E-state index in [4.69, 9.17) is 0 Å². The Hall–Kier alpha value is -0.0400. The topological polar surface area (TPSA) is 4.44 Å². The Balaban J connectivity index is 0. The molecule has 1 N–H and O–H groups in total. The van der Waals surface area contributed by atoms with Crippen molar-refractivity contribution in [3.63, 3.8) is 0 Å². The van der Waals surface area contributed by atoms with Crippen LogP contribution < -0.4 is 4.90 Å². The van der Waals surface area contributed by atoms with Crippen molar-refractivity contribution in [2.75, 3.05) is 20.1 Å². The van der Waals surface area contributed by atoms with Crippen LogP contribution in [-0.4, -0.2) is 20.1 Å². The van der Waals surface area contributed by atoms with Crippen LogP contribution in [0.1, 0.15) is 143 Å². The highest BCUT2D eigenvalue weighted by atomic mass is 15.1. The lowest BCUT2D eigenvalue weighted by Crippen LogP contribution is -3.09. The van der Waals surface area contributed by atoms with E-state index in [0.29, 0.717) is 0 Å². The van der Waals surface area contributed by atoms with Crippen molar-refractivity contribution in [3.8, 4) is 0 Å². The average Bonchev–Trinajstić information content (AvgIpc) is 2.65. The number of rotatable bonds is 19. The van der Waals surface area contributed by atoms with Gasteiger partial charge in [0.15, 0.2) is 0 Å². The zero-order chi connectivity index (χ0) is 19.7. The Morgan fingerprint density at radius 1 is 0.346 bits per heavy atom. The average molecular weight is 371 g/mol. The number of hydrogen-bond donors (Lipinski definition) is 1. The van der Waals surface area contributed by atoms with E-state index in [1.165, 1.54) is 129 Å². The SMILES string of the molecule is CCCCCCCC.CCCCCCCC[NH+](C)CCCCCCCC. The van der Waals surface area contributed by atoms with Crippen LogP contribution in [0, 0.1) is 0 Å². The second-order valence-corrected chi connectivity index (χ2v) is 8.41. The summed E-state index contributed by atoms with van der Waals surface area (Å²) >= 11 is 0. The van der Waals surface area contributed by atoms with Crippen LogP contribution in [0.3, 0.4) is 0 Å². The molecule has 0 aromatic carbocycles. The van der Waals surface area contributed by atoms with Gasteiger partial charge in [-0.25, -0.2) is 0 Å². The predicted octanol–water partition coefficient (Wildman–Crippen LogP) is 7.59. The molecule has 0 aromatic heterocycles. The van der Waals surface area contributed by atoms with Gasteiger partial charge < -0.3 is 4.90 Å². The second kappa shape index (κ2) is 27.2. The minimum absolute atomic E-state index is 1.36. The molecule has 0 amide bonds. The van der Waals surface area contributed by atoms with E-state index in [1.807, 2.05) is 0 Å². The third kappa shape index (κ3) is 28.8. The third-order valence-corrected chi connectivity index (χ3v) is 5.37. The van der Waals surface area contributed by atoms with Crippen LogP contribution in [0.5, 0.6) is 0 Å². The van der Waals surface area contributed by atoms with Crippen molar-refractivity contribution in [3.05, 3.63) is 0 Å². The number of nitrogens with one attached hydrogen (secondary N) is 1. The van der Waals surface area contributed by atoms with Gasteiger partial charge in [-0.1, -0.05) is 118 Å². The third-order valence-electron chi connectivity index (χ3n) is 5.37. The monoisotopic (exact) mass is 370 g/mol. The van der Waals surface area contributed by atoms with E-state index < -0.39 is 0 Å². The first-order valence-electron chi connectivity index (χ1n) is 12.5. The highest BCUT2D eigenvalue weighted by Gasteiger charge is 2.01. The van der Waals surface area contributed by atoms with Crippen LogP contribution in [0.2, 0.25) is 0 Å². The fraction of sp³-hybridized carbons (Fsp3) is 1.00. The standard InChI is InChI=1S/C17H37N.C8H18/c1-4-6-8-10-12-14-16-18(3)17-15-13-11-9-7-5-2;1-3-5-7-8-6-4-2/h4-17H2,1-3H3;3-8H2,1-2H3/p+1. The Labute approximate surface area is 168 Å². The molecule has 1 heteroatoms. The van der Waals surface area contributed by atoms with Gasteiger partial charge in [0, 0.05) is 0 Å². The lowest BCUT2D eigenvalue weighted by atomic mass is 10.1. The Bertz CT molecular complexity index is 192. The lowest BCUT2D eigenvalue weighted by molar-refractivity contribution is -0.880. The largest absolute Gasteiger partial charge is 0.337 e. The Morgan fingerprint density at radius 2 is 0.577 bits per heavy atom. The summed E-state index contributed by atoms with van der Waals surface area (Å²) < 4.78 is 0. The number of quaternary nitrogens is 1. The fourth-order valence-electron chi connectivity index (χ4n) is 3.39. The number of hydrogen-bond acceptors (Lipinski definition) is 0. The van der Waals surface area contributed by atoms with Gasteiger partial charge in [0.1, 0.15) is 0 Å².